The fourth-order valence-electron chi connectivity index (χ4n) is 4.60. The standard InChI is InChI=1S/C20H21F4N3O3/c21-13-8-10(14-18-27(14)25-19(30-18)20(22,23)24)6-7-11(13)9-26(15-16(28)17(15)29)12-4-2-1-3-5-12/h1-2,6,8,11-12,14-16,18,28H,3-5,7,9H2. The number of rotatable bonds is 5. The lowest BCUT2D eigenvalue weighted by Crippen LogP contribution is -2.43. The second kappa shape index (κ2) is 6.91. The number of alkyl halides is 3. The highest BCUT2D eigenvalue weighted by Gasteiger charge is 2.61. The molecule has 1 saturated carbocycles. The summed E-state index contributed by atoms with van der Waals surface area (Å²) in [5, 5.41) is 14.4. The summed E-state index contributed by atoms with van der Waals surface area (Å²) in [6, 6.07) is -0.997. The largest absolute Gasteiger partial charge is 0.470 e. The van der Waals surface area contributed by atoms with Gasteiger partial charge in [-0.1, -0.05) is 18.2 Å². The molecule has 10 heteroatoms. The van der Waals surface area contributed by atoms with E-state index >= 15 is 0 Å². The van der Waals surface area contributed by atoms with Gasteiger partial charge in [-0.2, -0.15) is 13.2 Å². The highest BCUT2D eigenvalue weighted by atomic mass is 19.4. The van der Waals surface area contributed by atoms with E-state index in [1.165, 1.54) is 11.1 Å². The zero-order valence-corrected chi connectivity index (χ0v) is 15.9. The van der Waals surface area contributed by atoms with Crippen molar-refractivity contribution in [2.45, 2.75) is 62.3 Å². The Morgan fingerprint density at radius 2 is 2.07 bits per heavy atom. The average molecular weight is 427 g/mol. The molecule has 0 spiro atoms. The maximum Gasteiger partial charge on any atom is 0.470 e. The lowest BCUT2D eigenvalue weighted by molar-refractivity contribution is -0.113. The fraction of sp³-hybridized carbons (Fsp3) is 0.600. The minimum absolute atomic E-state index is 0.0803. The van der Waals surface area contributed by atoms with Crippen LogP contribution < -0.4 is 0 Å². The number of aliphatic hydroxyl groups is 1. The van der Waals surface area contributed by atoms with E-state index in [9.17, 15) is 27.5 Å². The lowest BCUT2D eigenvalue weighted by Gasteiger charge is -2.35. The topological polar surface area (TPSA) is 65.1 Å². The van der Waals surface area contributed by atoms with E-state index in [0.29, 0.717) is 18.5 Å². The summed E-state index contributed by atoms with van der Waals surface area (Å²) in [7, 11) is 0. The van der Waals surface area contributed by atoms with Gasteiger partial charge < -0.3 is 9.84 Å². The van der Waals surface area contributed by atoms with Crippen LogP contribution in [0.5, 0.6) is 0 Å². The molecule has 2 aliphatic heterocycles. The summed E-state index contributed by atoms with van der Waals surface area (Å²) in [6.07, 6.45) is 3.63. The number of allylic oxidation sites excluding steroid dienone is 2. The SMILES string of the molecule is O=C1C(O)C1N(CC1CC=C(C2C3OC(C(F)(F)F)=NN32)C=C1F)C1CC=CCC1. The van der Waals surface area contributed by atoms with E-state index in [2.05, 4.69) is 11.2 Å². The average Bonchev–Trinajstić information content (AvgIpc) is 3.47. The summed E-state index contributed by atoms with van der Waals surface area (Å²) in [5.74, 6) is -2.34. The van der Waals surface area contributed by atoms with Crippen LogP contribution in [0, 0.1) is 5.92 Å². The molecule has 6 nitrogen and oxygen atoms in total. The van der Waals surface area contributed by atoms with Crippen LogP contribution in [-0.2, 0) is 9.53 Å². The van der Waals surface area contributed by atoms with E-state index in [1.807, 2.05) is 11.0 Å². The van der Waals surface area contributed by atoms with Gasteiger partial charge in [0.15, 0.2) is 5.78 Å². The van der Waals surface area contributed by atoms with E-state index in [1.54, 1.807) is 6.08 Å². The van der Waals surface area contributed by atoms with Gasteiger partial charge in [-0.25, -0.2) is 9.40 Å². The molecular weight excluding hydrogens is 406 g/mol. The third kappa shape index (κ3) is 3.35. The van der Waals surface area contributed by atoms with Gasteiger partial charge in [0.25, 0.3) is 0 Å². The minimum atomic E-state index is -4.63. The van der Waals surface area contributed by atoms with E-state index in [4.69, 9.17) is 4.74 Å². The van der Waals surface area contributed by atoms with Crippen molar-refractivity contribution in [2.75, 3.05) is 6.54 Å². The first-order valence-electron chi connectivity index (χ1n) is 10.1. The molecule has 6 unspecified atom stereocenters. The molecule has 3 aliphatic carbocycles. The number of carbonyl (C=O) groups excluding carboxylic acids is 1. The Kier molecular flexibility index (Phi) is 4.55. The second-order valence-corrected chi connectivity index (χ2v) is 8.33. The zero-order chi connectivity index (χ0) is 21.2. The molecule has 5 aliphatic rings. The maximum atomic E-state index is 14.9. The van der Waals surface area contributed by atoms with Crippen molar-refractivity contribution < 1.29 is 32.2 Å². The Hall–Kier alpha value is -2.20. The molecule has 2 heterocycles. The lowest BCUT2D eigenvalue weighted by atomic mass is 9.91. The summed E-state index contributed by atoms with van der Waals surface area (Å²) >= 11 is 0. The van der Waals surface area contributed by atoms with Gasteiger partial charge in [-0.05, 0) is 37.3 Å². The first-order valence-corrected chi connectivity index (χ1v) is 10.1. The highest BCUT2D eigenvalue weighted by molar-refractivity contribution is 6.05. The van der Waals surface area contributed by atoms with Gasteiger partial charge in [0.05, 0.1) is 0 Å². The first kappa shape index (κ1) is 19.7. The smallest absolute Gasteiger partial charge is 0.445 e. The number of Topliss-reactive ketones (excluding diaryl/α,β-unsaturated/α-hetero) is 1. The van der Waals surface area contributed by atoms with Crippen LogP contribution >= 0.6 is 0 Å². The second-order valence-electron chi connectivity index (χ2n) is 8.33. The first-order chi connectivity index (χ1) is 14.3. The van der Waals surface area contributed by atoms with Gasteiger partial charge in [0.2, 0.25) is 6.23 Å². The Balaban J connectivity index is 1.25. The number of carbonyl (C=O) groups is 1. The van der Waals surface area contributed by atoms with Gasteiger partial charge in [-0.15, -0.1) is 5.10 Å². The van der Waals surface area contributed by atoms with Gasteiger partial charge in [-0.3, -0.25) is 9.69 Å². The number of hydrazone groups is 1. The molecule has 1 N–H and O–H groups in total. The molecule has 0 aromatic heterocycles. The Morgan fingerprint density at radius 1 is 1.30 bits per heavy atom. The van der Waals surface area contributed by atoms with E-state index in [-0.39, 0.29) is 17.7 Å². The maximum absolute atomic E-state index is 14.9. The van der Waals surface area contributed by atoms with Crippen molar-refractivity contribution in [3.05, 3.63) is 35.7 Å². The molecule has 0 amide bonds. The molecule has 0 aromatic rings. The number of fused-ring (bicyclic) bond motifs is 1. The quantitative estimate of drug-likeness (QED) is 0.415. The number of hydrogen-bond donors (Lipinski definition) is 1. The van der Waals surface area contributed by atoms with Crippen LogP contribution in [0.4, 0.5) is 17.6 Å². The van der Waals surface area contributed by atoms with Gasteiger partial charge >= 0.3 is 12.1 Å². The minimum Gasteiger partial charge on any atom is -0.445 e. The normalized spacial score (nSPS) is 37.5. The van der Waals surface area contributed by atoms with Crippen LogP contribution in [0.3, 0.4) is 0 Å². The summed E-state index contributed by atoms with van der Waals surface area (Å²) in [6.45, 7) is 0.308. The summed E-state index contributed by atoms with van der Waals surface area (Å²) in [4.78, 5) is 13.8. The number of ketones is 1. The number of nitrogens with zero attached hydrogens (tertiary/aromatic N) is 3. The van der Waals surface area contributed by atoms with Crippen LogP contribution in [0.1, 0.15) is 25.7 Å². The number of aliphatic hydroxyl groups excluding tert-OH is 1. The molecule has 0 aromatic carbocycles. The van der Waals surface area contributed by atoms with Crippen LogP contribution in [0.2, 0.25) is 0 Å². The van der Waals surface area contributed by atoms with Gasteiger partial charge in [0.1, 0.15) is 24.0 Å². The fourth-order valence-corrected chi connectivity index (χ4v) is 4.60. The van der Waals surface area contributed by atoms with E-state index in [0.717, 1.165) is 19.3 Å². The van der Waals surface area contributed by atoms with Crippen molar-refractivity contribution >= 4 is 11.7 Å². The van der Waals surface area contributed by atoms with Gasteiger partial charge in [0, 0.05) is 18.5 Å². The predicted octanol–water partition coefficient (Wildman–Crippen LogP) is 2.43. The summed E-state index contributed by atoms with van der Waals surface area (Å²) in [5.41, 5.74) is 0.549. The molecule has 30 heavy (non-hydrogen) atoms. The van der Waals surface area contributed by atoms with Crippen molar-refractivity contribution in [2.24, 2.45) is 11.0 Å². The molecular formula is C20H21F4N3O3. The highest BCUT2D eigenvalue weighted by Crippen LogP contribution is 2.45. The van der Waals surface area contributed by atoms with Crippen molar-refractivity contribution in [3.8, 4) is 0 Å². The Bertz CT molecular complexity index is 881. The molecule has 1 saturated heterocycles. The number of halogens is 4. The van der Waals surface area contributed by atoms with Crippen LogP contribution in [0.15, 0.2) is 40.8 Å². The number of ether oxygens (including phenoxy) is 1. The molecule has 5 rings (SSSR count). The van der Waals surface area contributed by atoms with Crippen LogP contribution in [0.25, 0.3) is 0 Å². The Morgan fingerprint density at radius 3 is 2.60 bits per heavy atom. The predicted molar refractivity (Wildman–Crippen MR) is 97.7 cm³/mol. The third-order valence-corrected chi connectivity index (χ3v) is 6.35. The molecule has 0 bridgehead atoms. The third-order valence-electron chi connectivity index (χ3n) is 6.35. The molecule has 2 fully saturated rings. The summed E-state index contributed by atoms with van der Waals surface area (Å²) < 4.78 is 57.6. The molecule has 162 valence electrons. The van der Waals surface area contributed by atoms with Crippen LogP contribution in [-0.4, -0.2) is 69.9 Å². The van der Waals surface area contributed by atoms with Crippen molar-refractivity contribution in [3.63, 3.8) is 0 Å². The van der Waals surface area contributed by atoms with Crippen molar-refractivity contribution in [1.29, 1.82) is 0 Å². The van der Waals surface area contributed by atoms with E-state index < -0.39 is 42.4 Å². The zero-order valence-electron chi connectivity index (χ0n) is 15.9. The monoisotopic (exact) mass is 427 g/mol. The molecule has 0 radical (unpaired) electrons. The Labute approximate surface area is 170 Å². The number of hydrogen-bond acceptors (Lipinski definition) is 6. The molecule has 6 atom stereocenters. The van der Waals surface area contributed by atoms with Crippen molar-refractivity contribution in [1.82, 2.24) is 9.91 Å².